The summed E-state index contributed by atoms with van der Waals surface area (Å²) in [7, 11) is 0. The highest BCUT2D eigenvalue weighted by molar-refractivity contribution is 9.10. The van der Waals surface area contributed by atoms with Crippen LogP contribution >= 0.6 is 15.9 Å². The number of primary amides is 1. The van der Waals surface area contributed by atoms with Gasteiger partial charge >= 0.3 is 6.03 Å². The minimum atomic E-state index is -0.868. The second-order valence-corrected chi connectivity index (χ2v) is 3.58. The van der Waals surface area contributed by atoms with Crippen molar-refractivity contribution in [1.29, 1.82) is 0 Å². The number of hydrogen-bond donors (Lipinski definition) is 2. The molecule has 14 heavy (non-hydrogen) atoms. The van der Waals surface area contributed by atoms with E-state index in [4.69, 9.17) is 5.73 Å². The van der Waals surface area contributed by atoms with Gasteiger partial charge in [-0.2, -0.15) is 5.10 Å². The fourth-order valence-corrected chi connectivity index (χ4v) is 1.17. The number of hydrogen-bond acceptors (Lipinski definition) is 3. The number of aromatic nitrogens is 2. The summed E-state index contributed by atoms with van der Waals surface area (Å²) in [5, 5.41) is 5.87. The van der Waals surface area contributed by atoms with Crippen LogP contribution in [0.4, 0.5) is 4.79 Å². The van der Waals surface area contributed by atoms with Crippen molar-refractivity contribution in [2.45, 2.75) is 13.0 Å². The molecular formula is C7H9BrN4O2. The van der Waals surface area contributed by atoms with Crippen molar-refractivity contribution in [3.05, 3.63) is 16.9 Å². The molecule has 0 saturated carbocycles. The number of urea groups is 1. The number of imide groups is 1. The van der Waals surface area contributed by atoms with Crippen LogP contribution in [0.5, 0.6) is 0 Å². The molecule has 1 aromatic rings. The molecule has 1 heterocycles. The number of nitrogens with one attached hydrogen (secondary N) is 1. The Labute approximate surface area is 88.6 Å². The Bertz CT molecular complexity index is 362. The molecule has 1 aromatic heterocycles. The Kier molecular flexibility index (Phi) is 3.23. The molecule has 7 heteroatoms. The zero-order valence-corrected chi connectivity index (χ0v) is 8.98. The molecule has 0 fully saturated rings. The van der Waals surface area contributed by atoms with Gasteiger partial charge in [-0.15, -0.1) is 0 Å². The van der Waals surface area contributed by atoms with Gasteiger partial charge in [-0.3, -0.25) is 14.8 Å². The summed E-state index contributed by atoms with van der Waals surface area (Å²) < 4.78 is 2.18. The lowest BCUT2D eigenvalue weighted by Crippen LogP contribution is -2.39. The predicted octanol–water partition coefficient (Wildman–Crippen LogP) is 0.402. The lowest BCUT2D eigenvalue weighted by molar-refractivity contribution is -0.122. The molecule has 1 atom stereocenters. The molecule has 0 aromatic carbocycles. The van der Waals surface area contributed by atoms with E-state index in [9.17, 15) is 9.59 Å². The Balaban J connectivity index is 2.70. The van der Waals surface area contributed by atoms with Crippen LogP contribution in [0.15, 0.2) is 16.9 Å². The number of carbonyl (C=O) groups is 2. The summed E-state index contributed by atoms with van der Waals surface area (Å²) in [6, 6.07) is -1.44. The summed E-state index contributed by atoms with van der Waals surface area (Å²) >= 11 is 3.19. The van der Waals surface area contributed by atoms with Gasteiger partial charge in [0, 0.05) is 6.20 Å². The molecule has 0 saturated heterocycles. The highest BCUT2D eigenvalue weighted by Gasteiger charge is 2.16. The summed E-state index contributed by atoms with van der Waals surface area (Å²) in [5.74, 6) is -0.492. The van der Waals surface area contributed by atoms with E-state index in [1.54, 1.807) is 19.3 Å². The third-order valence-corrected chi connectivity index (χ3v) is 2.00. The molecular weight excluding hydrogens is 252 g/mol. The van der Waals surface area contributed by atoms with Gasteiger partial charge in [-0.05, 0) is 22.9 Å². The molecule has 3 amide bonds. The van der Waals surface area contributed by atoms with Crippen LogP contribution in [-0.2, 0) is 4.79 Å². The van der Waals surface area contributed by atoms with E-state index in [0.717, 1.165) is 4.47 Å². The van der Waals surface area contributed by atoms with Crippen LogP contribution < -0.4 is 11.1 Å². The maximum absolute atomic E-state index is 11.3. The minimum absolute atomic E-state index is 0.492. The van der Waals surface area contributed by atoms with Gasteiger partial charge in [0.15, 0.2) is 0 Å². The largest absolute Gasteiger partial charge is 0.351 e. The third kappa shape index (κ3) is 2.56. The molecule has 0 spiro atoms. The van der Waals surface area contributed by atoms with Crippen molar-refractivity contribution in [3.63, 3.8) is 0 Å². The highest BCUT2D eigenvalue weighted by Crippen LogP contribution is 2.11. The van der Waals surface area contributed by atoms with Crippen LogP contribution in [0.3, 0.4) is 0 Å². The molecule has 0 bridgehead atoms. The van der Waals surface area contributed by atoms with E-state index in [1.165, 1.54) is 4.68 Å². The maximum atomic E-state index is 11.3. The van der Waals surface area contributed by atoms with Gasteiger partial charge in [0.05, 0.1) is 10.7 Å². The summed E-state index contributed by atoms with van der Waals surface area (Å²) in [5.41, 5.74) is 4.80. The minimum Gasteiger partial charge on any atom is -0.351 e. The fraction of sp³-hybridized carbons (Fsp3) is 0.286. The average Bonchev–Trinajstić information content (AvgIpc) is 2.49. The Morgan fingerprint density at radius 3 is 2.79 bits per heavy atom. The van der Waals surface area contributed by atoms with Crippen molar-refractivity contribution < 1.29 is 9.59 Å². The average molecular weight is 261 g/mol. The summed E-state index contributed by atoms with van der Waals surface area (Å²) in [6.45, 7) is 1.61. The van der Waals surface area contributed by atoms with Crippen LogP contribution in [0, 0.1) is 0 Å². The molecule has 0 aliphatic carbocycles. The Morgan fingerprint density at radius 1 is 1.71 bits per heavy atom. The summed E-state index contributed by atoms with van der Waals surface area (Å²) in [6.07, 6.45) is 3.18. The van der Waals surface area contributed by atoms with Crippen LogP contribution in [-0.4, -0.2) is 21.7 Å². The molecule has 76 valence electrons. The van der Waals surface area contributed by atoms with Crippen molar-refractivity contribution in [2.75, 3.05) is 0 Å². The van der Waals surface area contributed by atoms with E-state index in [2.05, 4.69) is 21.0 Å². The van der Waals surface area contributed by atoms with Gasteiger partial charge < -0.3 is 5.73 Å². The van der Waals surface area contributed by atoms with Gasteiger partial charge in [0.2, 0.25) is 0 Å². The topological polar surface area (TPSA) is 90.0 Å². The van der Waals surface area contributed by atoms with Gasteiger partial charge in [-0.1, -0.05) is 0 Å². The number of rotatable bonds is 2. The van der Waals surface area contributed by atoms with Gasteiger partial charge in [0.1, 0.15) is 6.04 Å². The van der Waals surface area contributed by atoms with Gasteiger partial charge in [0.25, 0.3) is 5.91 Å². The van der Waals surface area contributed by atoms with E-state index in [-0.39, 0.29) is 0 Å². The summed E-state index contributed by atoms with van der Waals surface area (Å²) in [4.78, 5) is 21.7. The van der Waals surface area contributed by atoms with Crippen LogP contribution in [0.25, 0.3) is 0 Å². The third-order valence-electron chi connectivity index (χ3n) is 1.59. The van der Waals surface area contributed by atoms with E-state index >= 15 is 0 Å². The highest BCUT2D eigenvalue weighted by atomic mass is 79.9. The zero-order valence-electron chi connectivity index (χ0n) is 7.40. The monoisotopic (exact) mass is 260 g/mol. The number of nitrogens with two attached hydrogens (primary N) is 1. The van der Waals surface area contributed by atoms with Crippen molar-refractivity contribution in [2.24, 2.45) is 5.73 Å². The molecule has 0 aliphatic rings. The molecule has 1 unspecified atom stereocenters. The second kappa shape index (κ2) is 4.23. The van der Waals surface area contributed by atoms with E-state index in [0.29, 0.717) is 0 Å². The molecule has 6 nitrogen and oxygen atoms in total. The van der Waals surface area contributed by atoms with Gasteiger partial charge in [-0.25, -0.2) is 4.79 Å². The molecule has 3 N–H and O–H groups in total. The van der Waals surface area contributed by atoms with Crippen molar-refractivity contribution in [1.82, 2.24) is 15.1 Å². The first-order valence-electron chi connectivity index (χ1n) is 3.80. The number of halogens is 1. The lowest BCUT2D eigenvalue weighted by Gasteiger charge is -2.09. The zero-order chi connectivity index (χ0) is 10.7. The molecule has 1 rings (SSSR count). The number of carbonyl (C=O) groups excluding carboxylic acids is 2. The quantitative estimate of drug-likeness (QED) is 0.807. The van der Waals surface area contributed by atoms with Crippen molar-refractivity contribution in [3.8, 4) is 0 Å². The fourth-order valence-electron chi connectivity index (χ4n) is 0.873. The SMILES string of the molecule is CC(C(=O)NC(N)=O)n1cc(Br)cn1. The van der Waals surface area contributed by atoms with Crippen molar-refractivity contribution >= 4 is 27.9 Å². The van der Waals surface area contributed by atoms with Crippen LogP contribution in [0.2, 0.25) is 0 Å². The Morgan fingerprint density at radius 2 is 2.36 bits per heavy atom. The number of nitrogens with zero attached hydrogens (tertiary/aromatic N) is 2. The first-order valence-corrected chi connectivity index (χ1v) is 4.60. The first kappa shape index (κ1) is 10.7. The normalized spacial score (nSPS) is 12.1. The van der Waals surface area contributed by atoms with E-state index < -0.39 is 18.0 Å². The number of amides is 3. The van der Waals surface area contributed by atoms with E-state index in [1.807, 2.05) is 5.32 Å². The second-order valence-electron chi connectivity index (χ2n) is 2.67. The molecule has 0 aliphatic heterocycles. The smallest absolute Gasteiger partial charge is 0.318 e. The lowest BCUT2D eigenvalue weighted by atomic mass is 10.3. The van der Waals surface area contributed by atoms with Crippen LogP contribution in [0.1, 0.15) is 13.0 Å². The molecule has 0 radical (unpaired) electrons. The Hall–Kier alpha value is -1.37. The first-order chi connectivity index (χ1) is 6.50. The maximum Gasteiger partial charge on any atom is 0.318 e. The standard InChI is InChI=1S/C7H9BrN4O2/c1-4(6(13)11-7(9)14)12-3-5(8)2-10-12/h2-4H,1H3,(H3,9,11,13,14). The predicted molar refractivity (Wildman–Crippen MR) is 52.4 cm³/mol.